The number of rotatable bonds is 6. The first-order chi connectivity index (χ1) is 9.53. The molecule has 0 bridgehead atoms. The molecule has 0 aliphatic rings. The van der Waals surface area contributed by atoms with Crippen molar-refractivity contribution in [2.45, 2.75) is 41.0 Å². The Morgan fingerprint density at radius 1 is 1.15 bits per heavy atom. The van der Waals surface area contributed by atoms with Crippen LogP contribution in [-0.2, 0) is 4.74 Å². The fourth-order valence-corrected chi connectivity index (χ4v) is 2.18. The van der Waals surface area contributed by atoms with Crippen molar-refractivity contribution in [2.24, 2.45) is 0 Å². The zero-order valence-corrected chi connectivity index (χ0v) is 13.2. The molecular weight excluding hydrogens is 252 g/mol. The SMILES string of the molecule is CCCOC(=O)Nc1cc(C)c(N(CC)CC)cc1C. The number of nitrogens with zero attached hydrogens (tertiary/aromatic N) is 1. The van der Waals surface area contributed by atoms with Gasteiger partial charge in [0.25, 0.3) is 0 Å². The highest BCUT2D eigenvalue weighted by molar-refractivity contribution is 5.86. The van der Waals surface area contributed by atoms with E-state index >= 15 is 0 Å². The molecule has 0 saturated carbocycles. The second-order valence-electron chi connectivity index (χ2n) is 4.89. The van der Waals surface area contributed by atoms with Crippen LogP contribution >= 0.6 is 0 Å². The molecule has 0 atom stereocenters. The van der Waals surface area contributed by atoms with Gasteiger partial charge in [0.05, 0.1) is 6.61 Å². The molecule has 0 saturated heterocycles. The summed E-state index contributed by atoms with van der Waals surface area (Å²) < 4.78 is 5.05. The number of ether oxygens (including phenoxy) is 1. The van der Waals surface area contributed by atoms with Gasteiger partial charge >= 0.3 is 6.09 Å². The molecule has 0 spiro atoms. The van der Waals surface area contributed by atoms with Gasteiger partial charge < -0.3 is 9.64 Å². The first kappa shape index (κ1) is 16.3. The zero-order chi connectivity index (χ0) is 15.1. The molecule has 4 nitrogen and oxygen atoms in total. The summed E-state index contributed by atoms with van der Waals surface area (Å²) >= 11 is 0. The summed E-state index contributed by atoms with van der Waals surface area (Å²) in [4.78, 5) is 13.9. The molecule has 1 aromatic rings. The number of carbonyl (C=O) groups is 1. The van der Waals surface area contributed by atoms with Crippen LogP contribution in [0.4, 0.5) is 16.2 Å². The van der Waals surface area contributed by atoms with E-state index < -0.39 is 0 Å². The number of nitrogens with one attached hydrogen (secondary N) is 1. The van der Waals surface area contributed by atoms with Gasteiger partial charge in [-0.3, -0.25) is 5.32 Å². The monoisotopic (exact) mass is 278 g/mol. The molecule has 4 heteroatoms. The highest BCUT2D eigenvalue weighted by Crippen LogP contribution is 2.27. The number of amides is 1. The molecule has 1 N–H and O–H groups in total. The molecule has 1 amide bonds. The maximum absolute atomic E-state index is 11.6. The summed E-state index contributed by atoms with van der Waals surface area (Å²) in [5, 5.41) is 2.81. The van der Waals surface area contributed by atoms with E-state index in [1.807, 2.05) is 19.9 Å². The largest absolute Gasteiger partial charge is 0.449 e. The maximum Gasteiger partial charge on any atom is 0.411 e. The predicted octanol–water partition coefficient (Wildman–Crippen LogP) is 4.11. The zero-order valence-electron chi connectivity index (χ0n) is 13.2. The minimum Gasteiger partial charge on any atom is -0.449 e. The second-order valence-corrected chi connectivity index (χ2v) is 4.89. The van der Waals surface area contributed by atoms with Crippen molar-refractivity contribution in [3.05, 3.63) is 23.3 Å². The summed E-state index contributed by atoms with van der Waals surface area (Å²) in [6.45, 7) is 12.7. The minimum atomic E-state index is -0.384. The standard InChI is InChI=1S/C16H26N2O2/c1-6-9-20-16(19)17-14-10-13(5)15(11-12(14)4)18(7-2)8-3/h10-11H,6-9H2,1-5H3,(H,17,19). The third-order valence-corrected chi connectivity index (χ3v) is 3.32. The molecule has 0 unspecified atom stereocenters. The molecule has 1 rings (SSSR count). The highest BCUT2D eigenvalue weighted by Gasteiger charge is 2.11. The molecule has 0 heterocycles. The van der Waals surface area contributed by atoms with Gasteiger partial charge in [-0.2, -0.15) is 0 Å². The molecule has 0 fully saturated rings. The van der Waals surface area contributed by atoms with Crippen LogP contribution in [0.1, 0.15) is 38.3 Å². The van der Waals surface area contributed by atoms with E-state index in [1.165, 1.54) is 5.69 Å². The lowest BCUT2D eigenvalue weighted by molar-refractivity contribution is 0.161. The smallest absolute Gasteiger partial charge is 0.411 e. The van der Waals surface area contributed by atoms with E-state index in [0.29, 0.717) is 6.61 Å². The Hall–Kier alpha value is -1.71. The third kappa shape index (κ3) is 4.15. The lowest BCUT2D eigenvalue weighted by atomic mass is 10.1. The Bertz CT molecular complexity index is 454. The summed E-state index contributed by atoms with van der Waals surface area (Å²) in [6.07, 6.45) is 0.441. The van der Waals surface area contributed by atoms with E-state index in [0.717, 1.165) is 36.3 Å². The first-order valence-electron chi connectivity index (χ1n) is 7.33. The van der Waals surface area contributed by atoms with Crippen LogP contribution in [0.3, 0.4) is 0 Å². The maximum atomic E-state index is 11.6. The molecular formula is C16H26N2O2. The van der Waals surface area contributed by atoms with Crippen molar-refractivity contribution in [1.29, 1.82) is 0 Å². The number of anilines is 2. The van der Waals surface area contributed by atoms with Gasteiger partial charge in [-0.05, 0) is 57.4 Å². The van der Waals surface area contributed by atoms with Gasteiger partial charge in [-0.25, -0.2) is 4.79 Å². The van der Waals surface area contributed by atoms with Crippen LogP contribution in [-0.4, -0.2) is 25.8 Å². The van der Waals surface area contributed by atoms with Gasteiger partial charge in [0, 0.05) is 24.5 Å². The molecule has 20 heavy (non-hydrogen) atoms. The van der Waals surface area contributed by atoms with Crippen molar-refractivity contribution in [1.82, 2.24) is 0 Å². The molecule has 0 aromatic heterocycles. The number of aryl methyl sites for hydroxylation is 2. The summed E-state index contributed by atoms with van der Waals surface area (Å²) in [5.41, 5.74) is 4.25. The lowest BCUT2D eigenvalue weighted by Crippen LogP contribution is -2.23. The van der Waals surface area contributed by atoms with Crippen molar-refractivity contribution in [3.8, 4) is 0 Å². The fraction of sp³-hybridized carbons (Fsp3) is 0.562. The highest BCUT2D eigenvalue weighted by atomic mass is 16.5. The van der Waals surface area contributed by atoms with E-state index in [4.69, 9.17) is 4.74 Å². The number of carbonyl (C=O) groups excluding carboxylic acids is 1. The second kappa shape index (κ2) is 7.78. The quantitative estimate of drug-likeness (QED) is 0.851. The Balaban J connectivity index is 2.90. The van der Waals surface area contributed by atoms with Crippen LogP contribution in [0.25, 0.3) is 0 Å². The van der Waals surface area contributed by atoms with Gasteiger partial charge in [0.15, 0.2) is 0 Å². The Labute approximate surface area is 122 Å². The van der Waals surface area contributed by atoms with Crippen LogP contribution in [0.5, 0.6) is 0 Å². The average Bonchev–Trinajstić information content (AvgIpc) is 2.43. The van der Waals surface area contributed by atoms with Gasteiger partial charge in [0.1, 0.15) is 0 Å². The molecule has 0 radical (unpaired) electrons. The predicted molar refractivity (Wildman–Crippen MR) is 84.7 cm³/mol. The van der Waals surface area contributed by atoms with Crippen LogP contribution in [0, 0.1) is 13.8 Å². The fourth-order valence-electron chi connectivity index (χ4n) is 2.18. The van der Waals surface area contributed by atoms with E-state index in [9.17, 15) is 4.79 Å². The van der Waals surface area contributed by atoms with E-state index in [-0.39, 0.29) is 6.09 Å². The van der Waals surface area contributed by atoms with Crippen molar-refractivity contribution in [2.75, 3.05) is 29.9 Å². The molecule has 0 aliphatic heterocycles. The lowest BCUT2D eigenvalue weighted by Gasteiger charge is -2.24. The van der Waals surface area contributed by atoms with Gasteiger partial charge in [-0.1, -0.05) is 6.92 Å². The molecule has 1 aromatic carbocycles. The molecule has 112 valence electrons. The van der Waals surface area contributed by atoms with Crippen molar-refractivity contribution >= 4 is 17.5 Å². The first-order valence-corrected chi connectivity index (χ1v) is 7.33. The van der Waals surface area contributed by atoms with Crippen LogP contribution < -0.4 is 10.2 Å². The van der Waals surface area contributed by atoms with E-state index in [2.05, 4.69) is 37.1 Å². The summed E-state index contributed by atoms with van der Waals surface area (Å²) in [5.74, 6) is 0. The minimum absolute atomic E-state index is 0.384. The van der Waals surface area contributed by atoms with Gasteiger partial charge in [-0.15, -0.1) is 0 Å². The van der Waals surface area contributed by atoms with Crippen LogP contribution in [0.15, 0.2) is 12.1 Å². The normalized spacial score (nSPS) is 10.2. The Morgan fingerprint density at radius 2 is 1.80 bits per heavy atom. The molecule has 0 aliphatic carbocycles. The summed E-state index contributed by atoms with van der Waals surface area (Å²) in [7, 11) is 0. The number of hydrogen-bond acceptors (Lipinski definition) is 3. The Kier molecular flexibility index (Phi) is 6.36. The Morgan fingerprint density at radius 3 is 2.35 bits per heavy atom. The third-order valence-electron chi connectivity index (χ3n) is 3.32. The number of hydrogen-bond donors (Lipinski definition) is 1. The van der Waals surface area contributed by atoms with E-state index in [1.54, 1.807) is 0 Å². The van der Waals surface area contributed by atoms with Gasteiger partial charge in [0.2, 0.25) is 0 Å². The van der Waals surface area contributed by atoms with Crippen molar-refractivity contribution in [3.63, 3.8) is 0 Å². The van der Waals surface area contributed by atoms with Crippen LogP contribution in [0.2, 0.25) is 0 Å². The van der Waals surface area contributed by atoms with Crippen molar-refractivity contribution < 1.29 is 9.53 Å². The summed E-state index contributed by atoms with van der Waals surface area (Å²) in [6, 6.07) is 4.13. The number of benzene rings is 1. The topological polar surface area (TPSA) is 41.6 Å². The average molecular weight is 278 g/mol.